The van der Waals surface area contributed by atoms with Gasteiger partial charge in [0.1, 0.15) is 0 Å². The standard InChI is InChI=1S/C15H10ClF2N/c16-12-6-8-13(9-7-12)19-14-4-2-1-3-11(14)5-10-15(17)18/h1-4,6-9,15,19H. The molecule has 0 saturated carbocycles. The zero-order valence-corrected chi connectivity index (χ0v) is 10.6. The third-order valence-electron chi connectivity index (χ3n) is 2.37. The van der Waals surface area contributed by atoms with E-state index >= 15 is 0 Å². The van der Waals surface area contributed by atoms with Crippen LogP contribution >= 0.6 is 11.6 Å². The number of para-hydroxylation sites is 1. The molecule has 0 fully saturated rings. The van der Waals surface area contributed by atoms with Crippen LogP contribution in [0.1, 0.15) is 5.56 Å². The van der Waals surface area contributed by atoms with Crippen molar-refractivity contribution in [3.05, 3.63) is 59.1 Å². The molecule has 0 saturated heterocycles. The highest BCUT2D eigenvalue weighted by Crippen LogP contribution is 2.21. The van der Waals surface area contributed by atoms with Crippen molar-refractivity contribution in [2.75, 3.05) is 5.32 Å². The van der Waals surface area contributed by atoms with Crippen molar-refractivity contribution in [2.24, 2.45) is 0 Å². The van der Waals surface area contributed by atoms with E-state index in [2.05, 4.69) is 11.2 Å². The van der Waals surface area contributed by atoms with E-state index in [-0.39, 0.29) is 0 Å². The van der Waals surface area contributed by atoms with Gasteiger partial charge in [-0.3, -0.25) is 0 Å². The van der Waals surface area contributed by atoms with Crippen LogP contribution in [0.3, 0.4) is 0 Å². The minimum atomic E-state index is -2.64. The molecule has 2 rings (SSSR count). The number of alkyl halides is 2. The summed E-state index contributed by atoms with van der Waals surface area (Å²) in [7, 11) is 0. The molecule has 19 heavy (non-hydrogen) atoms. The van der Waals surface area contributed by atoms with Crippen molar-refractivity contribution < 1.29 is 8.78 Å². The van der Waals surface area contributed by atoms with Gasteiger partial charge in [-0.1, -0.05) is 29.7 Å². The molecule has 0 bridgehead atoms. The van der Waals surface area contributed by atoms with Gasteiger partial charge in [0.05, 0.1) is 5.69 Å². The minimum absolute atomic E-state index is 0.526. The molecular formula is C15H10ClF2N. The molecule has 4 heteroatoms. The van der Waals surface area contributed by atoms with Crippen molar-refractivity contribution in [1.82, 2.24) is 0 Å². The SMILES string of the molecule is FC(F)C#Cc1ccccc1Nc1ccc(Cl)cc1. The molecule has 1 nitrogen and oxygen atoms in total. The van der Waals surface area contributed by atoms with Crippen LogP contribution in [0.15, 0.2) is 48.5 Å². The summed E-state index contributed by atoms with van der Waals surface area (Å²) in [4.78, 5) is 0. The van der Waals surface area contributed by atoms with Crippen LogP contribution in [-0.4, -0.2) is 6.43 Å². The van der Waals surface area contributed by atoms with Gasteiger partial charge in [0, 0.05) is 16.3 Å². The molecule has 0 heterocycles. The predicted octanol–water partition coefficient (Wildman–Crippen LogP) is 4.70. The van der Waals surface area contributed by atoms with Crippen LogP contribution in [0.25, 0.3) is 0 Å². The number of benzene rings is 2. The van der Waals surface area contributed by atoms with Crippen molar-refractivity contribution in [1.29, 1.82) is 0 Å². The van der Waals surface area contributed by atoms with E-state index in [0.717, 1.165) is 5.69 Å². The van der Waals surface area contributed by atoms with Crippen LogP contribution in [0.2, 0.25) is 5.02 Å². The van der Waals surface area contributed by atoms with Crippen LogP contribution in [-0.2, 0) is 0 Å². The third-order valence-corrected chi connectivity index (χ3v) is 2.62. The molecule has 1 N–H and O–H groups in total. The van der Waals surface area contributed by atoms with Crippen LogP contribution in [0.5, 0.6) is 0 Å². The third kappa shape index (κ3) is 3.97. The smallest absolute Gasteiger partial charge is 0.299 e. The van der Waals surface area contributed by atoms with E-state index in [1.807, 2.05) is 12.0 Å². The first-order valence-electron chi connectivity index (χ1n) is 5.56. The first-order valence-corrected chi connectivity index (χ1v) is 5.94. The maximum absolute atomic E-state index is 12.1. The topological polar surface area (TPSA) is 12.0 Å². The van der Waals surface area contributed by atoms with Crippen LogP contribution in [0, 0.1) is 11.8 Å². The number of rotatable bonds is 2. The molecule has 0 spiro atoms. The number of anilines is 2. The fourth-order valence-electron chi connectivity index (χ4n) is 1.52. The summed E-state index contributed by atoms with van der Waals surface area (Å²) in [5, 5.41) is 3.75. The lowest BCUT2D eigenvalue weighted by molar-refractivity contribution is 0.215. The predicted molar refractivity (Wildman–Crippen MR) is 74.1 cm³/mol. The Morgan fingerprint density at radius 2 is 1.68 bits per heavy atom. The van der Waals surface area contributed by atoms with E-state index < -0.39 is 6.43 Å². The van der Waals surface area contributed by atoms with E-state index in [4.69, 9.17) is 11.6 Å². The van der Waals surface area contributed by atoms with Gasteiger partial charge in [0.2, 0.25) is 0 Å². The monoisotopic (exact) mass is 277 g/mol. The Morgan fingerprint density at radius 1 is 1.00 bits per heavy atom. The average molecular weight is 278 g/mol. The molecule has 0 unspecified atom stereocenters. The molecule has 0 aliphatic heterocycles. The molecule has 0 amide bonds. The van der Waals surface area contributed by atoms with Gasteiger partial charge in [0.25, 0.3) is 6.43 Å². The first-order chi connectivity index (χ1) is 9.15. The molecule has 0 aliphatic carbocycles. The van der Waals surface area contributed by atoms with Crippen molar-refractivity contribution in [3.63, 3.8) is 0 Å². The summed E-state index contributed by atoms with van der Waals surface area (Å²) in [6.45, 7) is 0. The molecule has 0 aromatic heterocycles. The summed E-state index contributed by atoms with van der Waals surface area (Å²) < 4.78 is 24.2. The number of hydrogen-bond donors (Lipinski definition) is 1. The van der Waals surface area contributed by atoms with Gasteiger partial charge in [-0.2, -0.15) is 8.78 Å². The van der Waals surface area contributed by atoms with Gasteiger partial charge in [-0.25, -0.2) is 0 Å². The van der Waals surface area contributed by atoms with E-state index in [1.54, 1.807) is 42.5 Å². The second-order valence-electron chi connectivity index (χ2n) is 3.75. The summed E-state index contributed by atoms with van der Waals surface area (Å²) in [5.41, 5.74) is 2.02. The lowest BCUT2D eigenvalue weighted by Crippen LogP contribution is -1.93. The molecule has 2 aromatic rings. The summed E-state index contributed by atoms with van der Waals surface area (Å²) in [6.07, 6.45) is -2.64. The molecule has 0 radical (unpaired) electrons. The lowest BCUT2D eigenvalue weighted by atomic mass is 10.1. The van der Waals surface area contributed by atoms with E-state index in [0.29, 0.717) is 16.3 Å². The van der Waals surface area contributed by atoms with Crippen LogP contribution in [0.4, 0.5) is 20.2 Å². The Kier molecular flexibility index (Phi) is 4.38. The molecule has 0 atom stereocenters. The highest BCUT2D eigenvalue weighted by Gasteiger charge is 2.00. The lowest BCUT2D eigenvalue weighted by Gasteiger charge is -2.08. The van der Waals surface area contributed by atoms with Crippen molar-refractivity contribution in [2.45, 2.75) is 6.43 Å². The Labute approximate surface area is 115 Å². The van der Waals surface area contributed by atoms with Gasteiger partial charge >= 0.3 is 0 Å². The highest BCUT2D eigenvalue weighted by molar-refractivity contribution is 6.30. The fraction of sp³-hybridized carbons (Fsp3) is 0.0667. The Hall–Kier alpha value is -2.05. The molecule has 2 aromatic carbocycles. The Bertz CT molecular complexity index is 612. The van der Waals surface area contributed by atoms with Crippen LogP contribution < -0.4 is 5.32 Å². The van der Waals surface area contributed by atoms with E-state index in [9.17, 15) is 8.78 Å². The zero-order chi connectivity index (χ0) is 13.7. The average Bonchev–Trinajstić information content (AvgIpc) is 2.40. The quantitative estimate of drug-likeness (QED) is 0.785. The van der Waals surface area contributed by atoms with Gasteiger partial charge < -0.3 is 5.32 Å². The second-order valence-corrected chi connectivity index (χ2v) is 4.18. The van der Waals surface area contributed by atoms with Gasteiger partial charge in [-0.15, -0.1) is 0 Å². The molecule has 96 valence electrons. The number of nitrogens with one attached hydrogen (secondary N) is 1. The first kappa shape index (κ1) is 13.4. The maximum Gasteiger partial charge on any atom is 0.299 e. The van der Waals surface area contributed by atoms with Gasteiger partial charge in [-0.05, 0) is 42.3 Å². The Morgan fingerprint density at radius 3 is 2.37 bits per heavy atom. The minimum Gasteiger partial charge on any atom is -0.355 e. The Balaban J connectivity index is 2.26. The maximum atomic E-state index is 12.1. The van der Waals surface area contributed by atoms with Crippen molar-refractivity contribution >= 4 is 23.0 Å². The number of halogens is 3. The zero-order valence-electron chi connectivity index (χ0n) is 9.83. The fourth-order valence-corrected chi connectivity index (χ4v) is 1.65. The molecular weight excluding hydrogens is 268 g/mol. The summed E-state index contributed by atoms with van der Waals surface area (Å²) in [5.74, 6) is 4.31. The normalized spacial score (nSPS) is 9.89. The van der Waals surface area contributed by atoms with Crippen molar-refractivity contribution in [3.8, 4) is 11.8 Å². The second kappa shape index (κ2) is 6.21. The summed E-state index contributed by atoms with van der Waals surface area (Å²) in [6, 6.07) is 14.1. The number of hydrogen-bond acceptors (Lipinski definition) is 1. The molecule has 0 aliphatic rings. The van der Waals surface area contributed by atoms with E-state index in [1.165, 1.54) is 0 Å². The highest BCUT2D eigenvalue weighted by atomic mass is 35.5. The summed E-state index contributed by atoms with van der Waals surface area (Å²) >= 11 is 5.80. The largest absolute Gasteiger partial charge is 0.355 e. The van der Waals surface area contributed by atoms with Gasteiger partial charge in [0.15, 0.2) is 0 Å².